The van der Waals surface area contributed by atoms with Gasteiger partial charge in [0.15, 0.2) is 0 Å². The first-order valence-corrected chi connectivity index (χ1v) is 7.09. The Morgan fingerprint density at radius 3 is 2.57 bits per heavy atom. The number of carbonyl (C=O) groups is 2. The van der Waals surface area contributed by atoms with Crippen molar-refractivity contribution < 1.29 is 19.8 Å². The van der Waals surface area contributed by atoms with Gasteiger partial charge in [-0.1, -0.05) is 12.1 Å². The van der Waals surface area contributed by atoms with Gasteiger partial charge in [-0.2, -0.15) is 0 Å². The second kappa shape index (κ2) is 7.08. The van der Waals surface area contributed by atoms with Crippen LogP contribution in [0.1, 0.15) is 31.2 Å². The molecule has 1 saturated carbocycles. The summed E-state index contributed by atoms with van der Waals surface area (Å²) in [7, 11) is 0. The maximum atomic E-state index is 11.9. The topological polar surface area (TPSA) is 98.7 Å². The highest BCUT2D eigenvalue weighted by Crippen LogP contribution is 2.18. The van der Waals surface area contributed by atoms with Gasteiger partial charge in [-0.05, 0) is 43.4 Å². The number of carboxylic acids is 1. The van der Waals surface area contributed by atoms with E-state index in [-0.39, 0.29) is 24.6 Å². The van der Waals surface area contributed by atoms with Crippen LogP contribution in [-0.2, 0) is 11.2 Å². The van der Waals surface area contributed by atoms with E-state index in [0.29, 0.717) is 24.1 Å². The average Bonchev–Trinajstić information content (AvgIpc) is 2.41. The fourth-order valence-electron chi connectivity index (χ4n) is 2.51. The van der Waals surface area contributed by atoms with E-state index in [1.807, 2.05) is 0 Å². The van der Waals surface area contributed by atoms with E-state index in [4.69, 9.17) is 5.11 Å². The summed E-state index contributed by atoms with van der Waals surface area (Å²) in [5.74, 6) is -0.905. The van der Waals surface area contributed by atoms with E-state index in [1.54, 1.807) is 24.3 Å². The quantitative estimate of drug-likeness (QED) is 0.679. The van der Waals surface area contributed by atoms with Crippen LogP contribution in [0.2, 0.25) is 0 Å². The first-order chi connectivity index (χ1) is 10.0. The molecule has 0 saturated heterocycles. The first-order valence-electron chi connectivity index (χ1n) is 7.09. The van der Waals surface area contributed by atoms with Crippen LogP contribution >= 0.6 is 0 Å². The molecule has 0 heterocycles. The van der Waals surface area contributed by atoms with E-state index in [2.05, 4.69) is 10.6 Å². The molecule has 0 unspecified atom stereocenters. The van der Waals surface area contributed by atoms with Crippen LogP contribution in [0.25, 0.3) is 0 Å². The Kier molecular flexibility index (Phi) is 5.16. The number of amides is 2. The summed E-state index contributed by atoms with van der Waals surface area (Å²) in [4.78, 5) is 22.6. The summed E-state index contributed by atoms with van der Waals surface area (Å²) >= 11 is 0. The molecule has 0 aromatic heterocycles. The summed E-state index contributed by atoms with van der Waals surface area (Å²) in [6.45, 7) is 0. The molecule has 0 radical (unpaired) electrons. The number of aliphatic hydroxyl groups excluding tert-OH is 1. The van der Waals surface area contributed by atoms with Gasteiger partial charge in [0.25, 0.3) is 0 Å². The normalized spacial score (nSPS) is 21.6. The van der Waals surface area contributed by atoms with Crippen LogP contribution < -0.4 is 10.6 Å². The van der Waals surface area contributed by atoms with E-state index in [1.165, 1.54) is 0 Å². The fourth-order valence-corrected chi connectivity index (χ4v) is 2.51. The van der Waals surface area contributed by atoms with E-state index >= 15 is 0 Å². The minimum Gasteiger partial charge on any atom is -0.481 e. The maximum absolute atomic E-state index is 11.9. The van der Waals surface area contributed by atoms with Gasteiger partial charge in [-0.15, -0.1) is 0 Å². The number of carboxylic acid groups (broad SMARTS) is 1. The van der Waals surface area contributed by atoms with Crippen LogP contribution in [-0.4, -0.2) is 34.4 Å². The Balaban J connectivity index is 1.86. The minimum absolute atomic E-state index is 0.0718. The lowest BCUT2D eigenvalue weighted by Crippen LogP contribution is -2.40. The lowest BCUT2D eigenvalue weighted by atomic mass is 9.93. The van der Waals surface area contributed by atoms with Gasteiger partial charge in [-0.25, -0.2) is 4.79 Å². The predicted molar refractivity (Wildman–Crippen MR) is 78.2 cm³/mol. The van der Waals surface area contributed by atoms with E-state index in [0.717, 1.165) is 12.8 Å². The maximum Gasteiger partial charge on any atom is 0.319 e. The molecule has 1 aromatic carbocycles. The molecule has 114 valence electrons. The van der Waals surface area contributed by atoms with E-state index in [9.17, 15) is 14.7 Å². The fraction of sp³-hybridized carbons (Fsp3) is 0.467. The Bertz CT molecular complexity index is 510. The third-order valence-electron chi connectivity index (χ3n) is 3.57. The zero-order valence-corrected chi connectivity index (χ0v) is 11.7. The first kappa shape index (κ1) is 15.3. The molecule has 6 nitrogen and oxygen atoms in total. The highest BCUT2D eigenvalue weighted by atomic mass is 16.4. The van der Waals surface area contributed by atoms with Crippen molar-refractivity contribution in [2.24, 2.45) is 0 Å². The second-order valence-corrected chi connectivity index (χ2v) is 5.37. The van der Waals surface area contributed by atoms with Crippen molar-refractivity contribution in [3.8, 4) is 0 Å². The van der Waals surface area contributed by atoms with Crippen molar-refractivity contribution in [1.29, 1.82) is 0 Å². The highest BCUT2D eigenvalue weighted by molar-refractivity contribution is 5.89. The third kappa shape index (κ3) is 5.07. The number of aliphatic carboxylic acids is 1. The van der Waals surface area contributed by atoms with Crippen LogP contribution in [0.4, 0.5) is 10.5 Å². The van der Waals surface area contributed by atoms with Gasteiger partial charge < -0.3 is 20.8 Å². The number of rotatable bonds is 4. The summed E-state index contributed by atoms with van der Waals surface area (Å²) in [6.07, 6.45) is 2.63. The van der Waals surface area contributed by atoms with Crippen molar-refractivity contribution in [1.82, 2.24) is 5.32 Å². The van der Waals surface area contributed by atoms with Crippen molar-refractivity contribution >= 4 is 17.7 Å². The molecule has 2 rings (SSSR count). The van der Waals surface area contributed by atoms with Crippen LogP contribution in [0.5, 0.6) is 0 Å². The zero-order chi connectivity index (χ0) is 15.2. The lowest BCUT2D eigenvalue weighted by Gasteiger charge is -2.26. The molecular formula is C15H20N2O4. The standard InChI is InChI=1S/C15H20N2O4/c18-13-6-4-11(5-7-13)16-15(21)17-12-3-1-2-10(8-12)9-14(19)20/h1-3,8,11,13,18H,4-7,9H2,(H,19,20)(H2,16,17,21). The Labute approximate surface area is 123 Å². The number of hydrogen-bond donors (Lipinski definition) is 4. The molecule has 0 aliphatic heterocycles. The van der Waals surface area contributed by atoms with Crippen LogP contribution in [0.3, 0.4) is 0 Å². The van der Waals surface area contributed by atoms with Gasteiger partial charge in [0.2, 0.25) is 0 Å². The molecule has 6 heteroatoms. The number of hydrogen-bond acceptors (Lipinski definition) is 3. The smallest absolute Gasteiger partial charge is 0.319 e. The molecule has 2 amide bonds. The molecule has 21 heavy (non-hydrogen) atoms. The predicted octanol–water partition coefficient (Wildman–Crippen LogP) is 1.74. The summed E-state index contributed by atoms with van der Waals surface area (Å²) in [6, 6.07) is 6.57. The molecule has 0 atom stereocenters. The number of anilines is 1. The Morgan fingerprint density at radius 1 is 1.19 bits per heavy atom. The number of aliphatic hydroxyl groups is 1. The van der Waals surface area contributed by atoms with Gasteiger partial charge in [0, 0.05) is 11.7 Å². The number of benzene rings is 1. The van der Waals surface area contributed by atoms with Crippen molar-refractivity contribution in [3.63, 3.8) is 0 Å². The van der Waals surface area contributed by atoms with E-state index < -0.39 is 5.97 Å². The lowest BCUT2D eigenvalue weighted by molar-refractivity contribution is -0.136. The van der Waals surface area contributed by atoms with Gasteiger partial charge >= 0.3 is 12.0 Å². The van der Waals surface area contributed by atoms with Crippen molar-refractivity contribution in [2.75, 3.05) is 5.32 Å². The number of urea groups is 1. The van der Waals surface area contributed by atoms with Gasteiger partial charge in [0.1, 0.15) is 0 Å². The molecule has 0 spiro atoms. The molecule has 1 fully saturated rings. The summed E-state index contributed by atoms with van der Waals surface area (Å²) < 4.78 is 0. The Hall–Kier alpha value is -2.08. The molecule has 1 aliphatic rings. The second-order valence-electron chi connectivity index (χ2n) is 5.37. The number of carbonyl (C=O) groups excluding carboxylic acids is 1. The molecule has 0 bridgehead atoms. The number of nitrogens with one attached hydrogen (secondary N) is 2. The molecule has 4 N–H and O–H groups in total. The molecule has 1 aromatic rings. The average molecular weight is 292 g/mol. The summed E-state index contributed by atoms with van der Waals surface area (Å²) in [5.41, 5.74) is 1.21. The SMILES string of the molecule is O=C(O)Cc1cccc(NC(=O)NC2CCC(O)CC2)c1. The van der Waals surface area contributed by atoms with Crippen molar-refractivity contribution in [3.05, 3.63) is 29.8 Å². The molecular weight excluding hydrogens is 272 g/mol. The highest BCUT2D eigenvalue weighted by Gasteiger charge is 2.20. The largest absolute Gasteiger partial charge is 0.481 e. The van der Waals surface area contributed by atoms with Crippen LogP contribution in [0, 0.1) is 0 Å². The zero-order valence-electron chi connectivity index (χ0n) is 11.7. The van der Waals surface area contributed by atoms with Gasteiger partial charge in [-0.3, -0.25) is 4.79 Å². The third-order valence-corrected chi connectivity index (χ3v) is 3.57. The monoisotopic (exact) mass is 292 g/mol. The van der Waals surface area contributed by atoms with Gasteiger partial charge in [0.05, 0.1) is 12.5 Å². The summed E-state index contributed by atoms with van der Waals surface area (Å²) in [5, 5.41) is 23.8. The Morgan fingerprint density at radius 2 is 1.90 bits per heavy atom. The molecule has 1 aliphatic carbocycles. The van der Waals surface area contributed by atoms with Crippen LogP contribution in [0.15, 0.2) is 24.3 Å². The van der Waals surface area contributed by atoms with Crippen molar-refractivity contribution in [2.45, 2.75) is 44.2 Å². The minimum atomic E-state index is -0.905.